The molecular formula is C9H21NO. The zero-order valence-corrected chi connectivity index (χ0v) is 7.86. The van der Waals surface area contributed by atoms with Gasteiger partial charge in [-0.25, -0.2) is 5.48 Å². The first-order valence-electron chi connectivity index (χ1n) is 4.76. The molecule has 1 N–H and O–H groups in total. The predicted molar refractivity (Wildman–Crippen MR) is 48.4 cm³/mol. The molecule has 0 saturated heterocycles. The second kappa shape index (κ2) is 9.92. The highest BCUT2D eigenvalue weighted by Gasteiger charge is 1.87. The third kappa shape index (κ3) is 9.92. The van der Waals surface area contributed by atoms with E-state index in [2.05, 4.69) is 19.3 Å². The fraction of sp³-hybridized carbons (Fsp3) is 1.00. The Balaban J connectivity index is 2.69. The monoisotopic (exact) mass is 159 g/mol. The summed E-state index contributed by atoms with van der Waals surface area (Å²) >= 11 is 0. The molecule has 0 atom stereocenters. The molecule has 2 nitrogen and oxygen atoms in total. The maximum Gasteiger partial charge on any atom is 0.0679 e. The zero-order chi connectivity index (χ0) is 8.36. The summed E-state index contributed by atoms with van der Waals surface area (Å²) in [7, 11) is 0. The topological polar surface area (TPSA) is 21.3 Å². The van der Waals surface area contributed by atoms with Gasteiger partial charge < -0.3 is 4.84 Å². The molecule has 0 radical (unpaired) electrons. The summed E-state index contributed by atoms with van der Waals surface area (Å²) in [6.07, 6.45) is 6.28. The van der Waals surface area contributed by atoms with Crippen LogP contribution in [-0.4, -0.2) is 13.2 Å². The molecule has 0 aromatic rings. The minimum Gasteiger partial charge on any atom is -0.302 e. The van der Waals surface area contributed by atoms with Gasteiger partial charge in [0, 0.05) is 6.54 Å². The molecule has 0 aliphatic heterocycles. The number of nitrogens with one attached hydrogen (secondary N) is 1. The molecule has 0 fully saturated rings. The van der Waals surface area contributed by atoms with E-state index in [0.29, 0.717) is 0 Å². The molecular weight excluding hydrogens is 138 g/mol. The van der Waals surface area contributed by atoms with Crippen molar-refractivity contribution in [1.29, 1.82) is 0 Å². The fourth-order valence-corrected chi connectivity index (χ4v) is 0.870. The van der Waals surface area contributed by atoms with Crippen molar-refractivity contribution in [3.63, 3.8) is 0 Å². The Morgan fingerprint density at radius 2 is 1.82 bits per heavy atom. The lowest BCUT2D eigenvalue weighted by molar-refractivity contribution is 0.0408. The molecule has 0 spiro atoms. The van der Waals surface area contributed by atoms with Crippen LogP contribution in [0.5, 0.6) is 0 Å². The predicted octanol–water partition coefficient (Wildman–Crippen LogP) is 2.50. The first kappa shape index (κ1) is 10.9. The van der Waals surface area contributed by atoms with Gasteiger partial charge in [-0.1, -0.05) is 33.1 Å². The molecule has 68 valence electrons. The molecule has 0 rings (SSSR count). The van der Waals surface area contributed by atoms with Crippen LogP contribution in [0.15, 0.2) is 0 Å². The van der Waals surface area contributed by atoms with Crippen LogP contribution < -0.4 is 5.48 Å². The Hall–Kier alpha value is -0.0800. The second-order valence-corrected chi connectivity index (χ2v) is 2.80. The molecule has 0 heterocycles. The third-order valence-corrected chi connectivity index (χ3v) is 1.54. The van der Waals surface area contributed by atoms with E-state index >= 15 is 0 Å². The van der Waals surface area contributed by atoms with Gasteiger partial charge in [0.25, 0.3) is 0 Å². The van der Waals surface area contributed by atoms with Crippen molar-refractivity contribution < 1.29 is 4.84 Å². The number of hydroxylamine groups is 1. The molecule has 0 aromatic carbocycles. The summed E-state index contributed by atoms with van der Waals surface area (Å²) < 4.78 is 0. The van der Waals surface area contributed by atoms with E-state index in [-0.39, 0.29) is 0 Å². The second-order valence-electron chi connectivity index (χ2n) is 2.80. The Labute approximate surface area is 70.3 Å². The Morgan fingerprint density at radius 1 is 1.00 bits per heavy atom. The molecule has 0 aliphatic rings. The molecule has 2 heteroatoms. The van der Waals surface area contributed by atoms with E-state index in [1.807, 2.05) is 0 Å². The minimum atomic E-state index is 0.827. The highest BCUT2D eigenvalue weighted by molar-refractivity contribution is 4.40. The van der Waals surface area contributed by atoms with Gasteiger partial charge in [0.15, 0.2) is 0 Å². The van der Waals surface area contributed by atoms with E-state index in [0.717, 1.165) is 19.6 Å². The molecule has 0 unspecified atom stereocenters. The van der Waals surface area contributed by atoms with Gasteiger partial charge in [0.1, 0.15) is 0 Å². The van der Waals surface area contributed by atoms with Gasteiger partial charge in [0.05, 0.1) is 6.61 Å². The van der Waals surface area contributed by atoms with E-state index in [1.54, 1.807) is 0 Å². The van der Waals surface area contributed by atoms with Gasteiger partial charge in [-0.15, -0.1) is 0 Å². The summed E-state index contributed by atoms with van der Waals surface area (Å²) in [4.78, 5) is 5.11. The standard InChI is InChI=1S/C9H21NO/c1-3-5-6-7-8-10-11-9-4-2/h10H,3-9H2,1-2H3. The van der Waals surface area contributed by atoms with Crippen molar-refractivity contribution in [2.75, 3.05) is 13.2 Å². The first-order valence-corrected chi connectivity index (χ1v) is 4.76. The molecule has 0 aromatic heterocycles. The highest BCUT2D eigenvalue weighted by atomic mass is 16.6. The van der Waals surface area contributed by atoms with E-state index in [9.17, 15) is 0 Å². The van der Waals surface area contributed by atoms with Crippen molar-refractivity contribution in [1.82, 2.24) is 5.48 Å². The maximum atomic E-state index is 5.11. The van der Waals surface area contributed by atoms with E-state index in [1.165, 1.54) is 25.7 Å². The van der Waals surface area contributed by atoms with Crippen molar-refractivity contribution in [3.05, 3.63) is 0 Å². The number of hydrogen-bond acceptors (Lipinski definition) is 2. The average molecular weight is 159 g/mol. The molecule has 11 heavy (non-hydrogen) atoms. The number of unbranched alkanes of at least 4 members (excludes halogenated alkanes) is 3. The summed E-state index contributed by atoms with van der Waals surface area (Å²) in [5.41, 5.74) is 2.95. The van der Waals surface area contributed by atoms with Gasteiger partial charge in [-0.05, 0) is 12.8 Å². The number of hydrogen-bond donors (Lipinski definition) is 1. The smallest absolute Gasteiger partial charge is 0.0679 e. The lowest BCUT2D eigenvalue weighted by Gasteiger charge is -2.03. The minimum absolute atomic E-state index is 0.827. The van der Waals surface area contributed by atoms with Gasteiger partial charge >= 0.3 is 0 Å². The first-order chi connectivity index (χ1) is 5.41. The van der Waals surface area contributed by atoms with Crippen LogP contribution in [0.1, 0.15) is 46.0 Å². The zero-order valence-electron chi connectivity index (χ0n) is 7.86. The fourth-order valence-electron chi connectivity index (χ4n) is 0.870. The Kier molecular flexibility index (Phi) is 9.85. The lowest BCUT2D eigenvalue weighted by Crippen LogP contribution is -2.16. The quantitative estimate of drug-likeness (QED) is 0.434. The Bertz CT molecular complexity index is 58.6. The van der Waals surface area contributed by atoms with E-state index in [4.69, 9.17) is 4.84 Å². The summed E-state index contributed by atoms with van der Waals surface area (Å²) in [5.74, 6) is 0. The van der Waals surface area contributed by atoms with Crippen molar-refractivity contribution >= 4 is 0 Å². The number of rotatable bonds is 8. The van der Waals surface area contributed by atoms with Crippen LogP contribution in [-0.2, 0) is 4.84 Å². The normalized spacial score (nSPS) is 10.4. The molecule has 0 bridgehead atoms. The molecule has 0 amide bonds. The summed E-state index contributed by atoms with van der Waals surface area (Å²) in [6, 6.07) is 0. The van der Waals surface area contributed by atoms with Gasteiger partial charge in [-0.2, -0.15) is 0 Å². The van der Waals surface area contributed by atoms with Gasteiger partial charge in [-0.3, -0.25) is 0 Å². The highest BCUT2D eigenvalue weighted by Crippen LogP contribution is 1.96. The van der Waals surface area contributed by atoms with Crippen LogP contribution >= 0.6 is 0 Å². The summed E-state index contributed by atoms with van der Waals surface area (Å²) in [5, 5.41) is 0. The van der Waals surface area contributed by atoms with E-state index < -0.39 is 0 Å². The van der Waals surface area contributed by atoms with Crippen LogP contribution in [0.25, 0.3) is 0 Å². The SMILES string of the molecule is CCCCCCNOCCC. The lowest BCUT2D eigenvalue weighted by atomic mass is 10.2. The van der Waals surface area contributed by atoms with Crippen LogP contribution in [0.4, 0.5) is 0 Å². The van der Waals surface area contributed by atoms with Crippen LogP contribution in [0.3, 0.4) is 0 Å². The van der Waals surface area contributed by atoms with Crippen LogP contribution in [0.2, 0.25) is 0 Å². The largest absolute Gasteiger partial charge is 0.302 e. The summed E-state index contributed by atoms with van der Waals surface area (Å²) in [6.45, 7) is 6.16. The van der Waals surface area contributed by atoms with Crippen molar-refractivity contribution in [2.24, 2.45) is 0 Å². The molecule has 0 saturated carbocycles. The third-order valence-electron chi connectivity index (χ3n) is 1.54. The maximum absolute atomic E-state index is 5.11. The average Bonchev–Trinajstić information content (AvgIpc) is 2.03. The van der Waals surface area contributed by atoms with Crippen molar-refractivity contribution in [3.8, 4) is 0 Å². The van der Waals surface area contributed by atoms with Gasteiger partial charge in [0.2, 0.25) is 0 Å². The van der Waals surface area contributed by atoms with Crippen LogP contribution in [0, 0.1) is 0 Å². The molecule has 0 aliphatic carbocycles. The Morgan fingerprint density at radius 3 is 2.45 bits per heavy atom. The van der Waals surface area contributed by atoms with Crippen molar-refractivity contribution in [2.45, 2.75) is 46.0 Å².